The molecular weight excluding hydrogens is 460 g/mol. The average molecular weight is 533 g/mol. The number of carbonyl (C=O) groups excluding carboxylic acids is 1. The molecule has 0 aliphatic rings. The third-order valence-corrected chi connectivity index (χ3v) is 5.44. The Morgan fingerprint density at radius 1 is 0.568 bits per heavy atom. The largest absolute Gasteiger partial charge is 0.396 e. The second-order valence-electron chi connectivity index (χ2n) is 15.1. The molecule has 0 unspecified atom stereocenters. The number of hydrogen-bond acceptors (Lipinski definition) is 4. The summed E-state index contributed by atoms with van der Waals surface area (Å²) in [5, 5.41) is 16.9. The molecule has 0 bridgehead atoms. The van der Waals surface area contributed by atoms with E-state index in [9.17, 15) is 4.79 Å². The molecule has 4 heteroatoms. The molecule has 0 aromatic rings. The van der Waals surface area contributed by atoms with E-state index in [4.69, 9.17) is 14.9 Å². The molecule has 0 spiro atoms. The highest BCUT2D eigenvalue weighted by atomic mass is 16.5. The van der Waals surface area contributed by atoms with Crippen LogP contribution in [0.4, 0.5) is 0 Å². The predicted octanol–water partition coefficient (Wildman–Crippen LogP) is 9.64. The van der Waals surface area contributed by atoms with Crippen molar-refractivity contribution in [3.63, 3.8) is 0 Å². The molecule has 0 saturated carbocycles. The summed E-state index contributed by atoms with van der Waals surface area (Å²) in [6.07, 6.45) is 11.4. The van der Waals surface area contributed by atoms with Gasteiger partial charge in [-0.2, -0.15) is 0 Å². The van der Waals surface area contributed by atoms with E-state index in [2.05, 4.69) is 90.0 Å². The van der Waals surface area contributed by atoms with E-state index >= 15 is 0 Å². The predicted molar refractivity (Wildman–Crippen MR) is 165 cm³/mol. The molecule has 0 heterocycles. The molecule has 0 fully saturated rings. The minimum Gasteiger partial charge on any atom is -0.396 e. The Morgan fingerprint density at radius 2 is 0.973 bits per heavy atom. The van der Waals surface area contributed by atoms with Crippen molar-refractivity contribution in [2.45, 2.75) is 161 Å². The van der Waals surface area contributed by atoms with Gasteiger partial charge in [-0.25, -0.2) is 0 Å². The number of unbranched alkanes of at least 4 members (excludes halogenated alkanes) is 2. The second-order valence-corrected chi connectivity index (χ2v) is 15.1. The first-order valence-electron chi connectivity index (χ1n) is 14.9. The van der Waals surface area contributed by atoms with Crippen molar-refractivity contribution in [1.29, 1.82) is 0 Å². The molecule has 0 aromatic heterocycles. The van der Waals surface area contributed by atoms with Crippen molar-refractivity contribution in [3.8, 4) is 0 Å². The van der Waals surface area contributed by atoms with Crippen LogP contribution in [0.5, 0.6) is 0 Å². The Bertz CT molecular complexity index is 471. The van der Waals surface area contributed by atoms with E-state index in [1.54, 1.807) is 7.11 Å². The van der Waals surface area contributed by atoms with Crippen molar-refractivity contribution in [2.24, 2.45) is 21.7 Å². The standard InChI is InChI=1S/C12H24O.C8H18O.C7H16O.C6H14O/c1-5-6-8-11(13)9-7-10-12(2,3)4;1-8(2,3)6-4-5-7-9;1-7(2,3)5-6-8-4;1-6(2,3)4-5-7/h5-10H2,1-4H3;9H,4-7H2,1-3H3;5-6H2,1-4H3;7H,4-5H2,1-3H3. The lowest BCUT2D eigenvalue weighted by molar-refractivity contribution is -0.119. The summed E-state index contributed by atoms with van der Waals surface area (Å²) < 4.78 is 4.92. The normalized spacial score (nSPS) is 11.9. The zero-order valence-electron chi connectivity index (χ0n) is 28.1. The quantitative estimate of drug-likeness (QED) is 0.245. The molecule has 0 atom stereocenters. The summed E-state index contributed by atoms with van der Waals surface area (Å²) in [6.45, 7) is 30.0. The fourth-order valence-electron chi connectivity index (χ4n) is 2.83. The Hall–Kier alpha value is -0.450. The van der Waals surface area contributed by atoms with Gasteiger partial charge in [0.15, 0.2) is 0 Å². The number of carbonyl (C=O) groups is 1. The molecule has 37 heavy (non-hydrogen) atoms. The molecule has 0 amide bonds. The highest BCUT2D eigenvalue weighted by molar-refractivity contribution is 5.78. The van der Waals surface area contributed by atoms with Gasteiger partial charge >= 0.3 is 0 Å². The van der Waals surface area contributed by atoms with Gasteiger partial charge in [0, 0.05) is 39.8 Å². The SMILES string of the molecule is CC(C)(C)CCCCO.CC(C)(C)CCO.CCCCC(=O)CCCC(C)(C)C.COCCC(C)(C)C. The number of ether oxygens (including phenoxy) is 1. The molecule has 0 saturated heterocycles. The summed E-state index contributed by atoms with van der Waals surface area (Å²) in [5.74, 6) is 0.450. The summed E-state index contributed by atoms with van der Waals surface area (Å²) in [6, 6.07) is 0. The van der Waals surface area contributed by atoms with Crippen molar-refractivity contribution in [2.75, 3.05) is 26.9 Å². The lowest BCUT2D eigenvalue weighted by atomic mass is 9.89. The van der Waals surface area contributed by atoms with Gasteiger partial charge < -0.3 is 14.9 Å². The van der Waals surface area contributed by atoms with E-state index in [0.717, 1.165) is 70.8 Å². The van der Waals surface area contributed by atoms with Crippen molar-refractivity contribution < 1.29 is 19.7 Å². The first-order chi connectivity index (χ1) is 16.6. The monoisotopic (exact) mass is 533 g/mol. The lowest BCUT2D eigenvalue weighted by Gasteiger charge is -2.17. The number of hydrogen-bond donors (Lipinski definition) is 2. The van der Waals surface area contributed by atoms with E-state index in [-0.39, 0.29) is 0 Å². The van der Waals surface area contributed by atoms with Gasteiger partial charge in [0.05, 0.1) is 0 Å². The second kappa shape index (κ2) is 24.6. The molecule has 0 radical (unpaired) electrons. The minimum atomic E-state index is 0.300. The number of ketones is 1. The van der Waals surface area contributed by atoms with Crippen LogP contribution >= 0.6 is 0 Å². The molecule has 0 rings (SSSR count). The Kier molecular flexibility index (Phi) is 29.0. The van der Waals surface area contributed by atoms with Gasteiger partial charge in [-0.3, -0.25) is 4.79 Å². The van der Waals surface area contributed by atoms with E-state index in [1.807, 2.05) is 0 Å². The average Bonchev–Trinajstić information content (AvgIpc) is 2.69. The summed E-state index contributed by atoms with van der Waals surface area (Å²) in [7, 11) is 1.74. The summed E-state index contributed by atoms with van der Waals surface area (Å²) in [5.41, 5.74) is 1.55. The molecule has 0 aliphatic carbocycles. The molecule has 2 N–H and O–H groups in total. The molecule has 0 aromatic carbocycles. The van der Waals surface area contributed by atoms with Crippen LogP contribution in [0.2, 0.25) is 0 Å². The minimum absolute atomic E-state index is 0.300. The highest BCUT2D eigenvalue weighted by Crippen LogP contribution is 2.22. The van der Waals surface area contributed by atoms with Gasteiger partial charge in [-0.15, -0.1) is 0 Å². The third-order valence-electron chi connectivity index (χ3n) is 5.44. The van der Waals surface area contributed by atoms with Crippen LogP contribution in [0.25, 0.3) is 0 Å². The number of Topliss-reactive ketones (excluding diaryl/α,β-unsaturated/α-hetero) is 1. The van der Waals surface area contributed by atoms with Gasteiger partial charge in [-0.05, 0) is 66.6 Å². The number of aliphatic hydroxyl groups is 2. The van der Waals surface area contributed by atoms with Crippen molar-refractivity contribution in [3.05, 3.63) is 0 Å². The summed E-state index contributed by atoms with van der Waals surface area (Å²) in [4.78, 5) is 11.3. The number of aliphatic hydroxyl groups excluding tert-OH is 2. The van der Waals surface area contributed by atoms with Crippen LogP contribution in [-0.4, -0.2) is 42.9 Å². The lowest BCUT2D eigenvalue weighted by Crippen LogP contribution is -2.07. The van der Waals surface area contributed by atoms with Crippen LogP contribution in [0.1, 0.15) is 161 Å². The van der Waals surface area contributed by atoms with Gasteiger partial charge in [0.25, 0.3) is 0 Å². The maximum atomic E-state index is 11.3. The third kappa shape index (κ3) is 61.3. The van der Waals surface area contributed by atoms with E-state index in [1.165, 1.54) is 6.42 Å². The topological polar surface area (TPSA) is 66.8 Å². The smallest absolute Gasteiger partial charge is 0.132 e. The van der Waals surface area contributed by atoms with Crippen LogP contribution in [0.15, 0.2) is 0 Å². The number of methoxy groups -OCH3 is 1. The molecule has 0 aliphatic heterocycles. The van der Waals surface area contributed by atoms with Crippen LogP contribution < -0.4 is 0 Å². The zero-order valence-corrected chi connectivity index (χ0v) is 28.1. The highest BCUT2D eigenvalue weighted by Gasteiger charge is 2.11. The molecule has 4 nitrogen and oxygen atoms in total. The van der Waals surface area contributed by atoms with Gasteiger partial charge in [0.1, 0.15) is 5.78 Å². The van der Waals surface area contributed by atoms with Crippen LogP contribution in [-0.2, 0) is 9.53 Å². The van der Waals surface area contributed by atoms with E-state index in [0.29, 0.717) is 40.7 Å². The van der Waals surface area contributed by atoms with Crippen molar-refractivity contribution in [1.82, 2.24) is 0 Å². The van der Waals surface area contributed by atoms with Gasteiger partial charge in [-0.1, -0.05) is 103 Å². The van der Waals surface area contributed by atoms with E-state index < -0.39 is 0 Å². The van der Waals surface area contributed by atoms with Crippen molar-refractivity contribution >= 4 is 5.78 Å². The fourth-order valence-corrected chi connectivity index (χ4v) is 2.83. The molecule has 228 valence electrons. The first kappa shape index (κ1) is 43.6. The van der Waals surface area contributed by atoms with Crippen LogP contribution in [0, 0.1) is 21.7 Å². The zero-order chi connectivity index (χ0) is 30.2. The Balaban J connectivity index is -0.000000202. The van der Waals surface area contributed by atoms with Crippen LogP contribution in [0.3, 0.4) is 0 Å². The molecular formula is C33H72O4. The maximum Gasteiger partial charge on any atom is 0.132 e. The Labute approximate surface area is 234 Å². The van der Waals surface area contributed by atoms with Gasteiger partial charge in [0.2, 0.25) is 0 Å². The first-order valence-corrected chi connectivity index (χ1v) is 14.9. The Morgan fingerprint density at radius 3 is 1.24 bits per heavy atom. The number of rotatable bonds is 12. The summed E-state index contributed by atoms with van der Waals surface area (Å²) >= 11 is 0. The fraction of sp³-hybridized carbons (Fsp3) is 0.970. The maximum absolute atomic E-state index is 11.3.